The van der Waals surface area contributed by atoms with Crippen molar-refractivity contribution in [2.75, 3.05) is 13.1 Å². The molecule has 4 aromatic rings. The van der Waals surface area contributed by atoms with Crippen LogP contribution in [0.4, 0.5) is 11.4 Å². The second kappa shape index (κ2) is 17.8. The fraction of sp³-hybridized carbons (Fsp3) is 0.176. The van der Waals surface area contributed by atoms with E-state index < -0.39 is 47.4 Å². The number of sulfonamides is 2. The summed E-state index contributed by atoms with van der Waals surface area (Å²) in [4.78, 5) is 0.0669. The second-order valence-electron chi connectivity index (χ2n) is 11.3. The molecule has 4 aromatic carbocycles. The van der Waals surface area contributed by atoms with Crippen LogP contribution in [0.5, 0.6) is 11.5 Å². The van der Waals surface area contributed by atoms with Crippen LogP contribution in [0.1, 0.15) is 34.5 Å². The van der Waals surface area contributed by atoms with E-state index in [1.165, 1.54) is 36.8 Å². The number of primary sulfonamides is 2. The Balaban J connectivity index is 0.000000212. The normalized spacial score (nSPS) is 16.0. The minimum atomic E-state index is -3.71. The molecule has 0 amide bonds. The van der Waals surface area contributed by atoms with Crippen LogP contribution in [0.25, 0.3) is 10.6 Å². The van der Waals surface area contributed by atoms with Crippen molar-refractivity contribution in [3.05, 3.63) is 141 Å². The summed E-state index contributed by atoms with van der Waals surface area (Å²) in [7, 11) is 2.47. The number of nitrogens with two attached hydrogens (primary N) is 2. The number of hydrogen-bond donors (Lipinski definition) is 4. The molecule has 17 heteroatoms. The first-order chi connectivity index (χ1) is 24.1. The van der Waals surface area contributed by atoms with Gasteiger partial charge < -0.3 is 30.3 Å². The quantitative estimate of drug-likeness (QED) is 0.140. The number of hydrogen-bond acceptors (Lipinski definition) is 8. The minimum absolute atomic E-state index is 0.0334. The van der Waals surface area contributed by atoms with Gasteiger partial charge in [0.1, 0.15) is 23.7 Å². The summed E-state index contributed by atoms with van der Waals surface area (Å²) in [5, 5.41) is 39.8. The molecule has 0 spiro atoms. The zero-order valence-electron chi connectivity index (χ0n) is 27.5. The Morgan fingerprint density at radius 3 is 1.29 bits per heavy atom. The maximum absolute atomic E-state index is 11.2. The van der Waals surface area contributed by atoms with Crippen LogP contribution in [0, 0.1) is 13.8 Å². The summed E-state index contributed by atoms with van der Waals surface area (Å²) >= 11 is -0.931. The van der Waals surface area contributed by atoms with E-state index in [4.69, 9.17) is 39.1 Å². The van der Waals surface area contributed by atoms with E-state index in [0.29, 0.717) is 45.1 Å². The number of ether oxygens (including phenoxy) is 2. The number of fused-ring (bicyclic) bond motifs is 2. The number of benzene rings is 4. The van der Waals surface area contributed by atoms with Gasteiger partial charge in [-0.1, -0.05) is 47.5 Å². The van der Waals surface area contributed by atoms with E-state index >= 15 is 0 Å². The molecule has 0 aliphatic carbocycles. The van der Waals surface area contributed by atoms with Gasteiger partial charge in [-0.25, -0.2) is 27.1 Å². The van der Waals surface area contributed by atoms with E-state index in [-0.39, 0.29) is 22.9 Å². The standard InChI is InChI=1S/2C17H17N2O4S.2ClH.Zn/c2*1-11-2-7-16-15(8-11)17(20)12(10-23-16)9-19-13-3-5-14(6-4-13)24(18,21)22;;;/h2*2-8,10,17,20H,9H2,1H3,(H2,18,21,22);2*1H;/q2*-1;;;+2/p-2. The number of rotatable bonds is 8. The molecule has 2 aliphatic heterocycles. The van der Waals surface area contributed by atoms with Gasteiger partial charge in [-0.05, 0) is 73.5 Å². The van der Waals surface area contributed by atoms with E-state index in [1.807, 2.05) is 50.2 Å². The van der Waals surface area contributed by atoms with Gasteiger partial charge in [-0.15, -0.1) is 24.5 Å². The van der Waals surface area contributed by atoms with Gasteiger partial charge in [-0.3, -0.25) is 0 Å². The van der Waals surface area contributed by atoms with Gasteiger partial charge in [0, 0.05) is 11.1 Å². The van der Waals surface area contributed by atoms with Crippen molar-refractivity contribution in [3.63, 3.8) is 0 Å². The summed E-state index contributed by atoms with van der Waals surface area (Å²) in [6, 6.07) is 23.1. The SMILES string of the molecule is Cc1ccc2c(c1)C(O)C(C[N-]c1ccc(S(N)(=O)=O)cc1)=CO2.Cc1ccc2c(c1)C(O)C(C[N-]c1ccc(S(N)(=O)=O)cc1)=CO2.[Cl][Zn][Cl]. The first-order valence-corrected chi connectivity index (χ1v) is 26.0. The molecule has 6 rings (SSSR count). The van der Waals surface area contributed by atoms with Crippen LogP contribution in [0.2, 0.25) is 0 Å². The molecule has 0 bridgehead atoms. The van der Waals surface area contributed by atoms with Crippen LogP contribution in [-0.4, -0.2) is 40.1 Å². The Labute approximate surface area is 312 Å². The summed E-state index contributed by atoms with van der Waals surface area (Å²) in [6.07, 6.45) is 1.46. The van der Waals surface area contributed by atoms with Crippen molar-refractivity contribution in [2.45, 2.75) is 35.8 Å². The molecular formula is C34H34Cl2N4O8S2Zn-2. The Morgan fingerprint density at radius 2 is 0.980 bits per heavy atom. The molecule has 0 fully saturated rings. The third-order valence-electron chi connectivity index (χ3n) is 7.52. The van der Waals surface area contributed by atoms with Crippen molar-refractivity contribution < 1.29 is 51.7 Å². The number of halogens is 2. The number of nitrogens with zero attached hydrogens (tertiary/aromatic N) is 2. The van der Waals surface area contributed by atoms with Gasteiger partial charge in [0.15, 0.2) is 0 Å². The van der Waals surface area contributed by atoms with Gasteiger partial charge in [-0.2, -0.15) is 0 Å². The summed E-state index contributed by atoms with van der Waals surface area (Å²) in [5.41, 5.74) is 5.93. The van der Waals surface area contributed by atoms with Crippen molar-refractivity contribution in [1.82, 2.24) is 0 Å². The molecule has 0 aromatic heterocycles. The van der Waals surface area contributed by atoms with E-state index in [1.54, 1.807) is 24.3 Å². The molecule has 2 unspecified atom stereocenters. The molecule has 2 atom stereocenters. The molecule has 2 heterocycles. The van der Waals surface area contributed by atoms with Crippen LogP contribution in [0.15, 0.2) is 118 Å². The Kier molecular flexibility index (Phi) is 14.1. The molecule has 0 radical (unpaired) electrons. The molecular weight excluding hydrogens is 793 g/mol. The van der Waals surface area contributed by atoms with Crippen LogP contribution in [-0.2, 0) is 35.2 Å². The summed E-state index contributed by atoms with van der Waals surface area (Å²) in [5.74, 6) is 1.27. The van der Waals surface area contributed by atoms with Crippen LogP contribution in [0.3, 0.4) is 0 Å². The van der Waals surface area contributed by atoms with Gasteiger partial charge in [0.05, 0.1) is 22.3 Å². The number of aliphatic hydroxyl groups is 2. The van der Waals surface area contributed by atoms with E-state index in [0.717, 1.165) is 11.1 Å². The average molecular weight is 827 g/mol. The first kappa shape index (κ1) is 40.3. The molecule has 0 saturated carbocycles. The third kappa shape index (κ3) is 11.2. The Hall–Kier alpha value is -3.50. The fourth-order valence-corrected chi connectivity index (χ4v) is 5.91. The van der Waals surface area contributed by atoms with Crippen molar-refractivity contribution in [3.8, 4) is 11.5 Å². The molecule has 2 aliphatic rings. The Bertz CT molecular complexity index is 1970. The average Bonchev–Trinajstić information content (AvgIpc) is 3.08. The molecule has 0 saturated heterocycles. The summed E-state index contributed by atoms with van der Waals surface area (Å²) < 4.78 is 56.0. The monoisotopic (exact) mass is 824 g/mol. The summed E-state index contributed by atoms with van der Waals surface area (Å²) in [6.45, 7) is 4.37. The van der Waals surface area contributed by atoms with Gasteiger partial charge >= 0.3 is 34.5 Å². The zero-order valence-corrected chi connectivity index (χ0v) is 33.6. The van der Waals surface area contributed by atoms with E-state index in [9.17, 15) is 27.0 Å². The van der Waals surface area contributed by atoms with Crippen LogP contribution >= 0.6 is 19.4 Å². The van der Waals surface area contributed by atoms with Gasteiger partial charge in [0.25, 0.3) is 0 Å². The van der Waals surface area contributed by atoms with Gasteiger partial charge in [0.2, 0.25) is 20.0 Å². The van der Waals surface area contributed by atoms with Crippen molar-refractivity contribution in [1.29, 1.82) is 0 Å². The van der Waals surface area contributed by atoms with Crippen LogP contribution < -0.4 is 19.8 Å². The Morgan fingerprint density at radius 1 is 0.647 bits per heavy atom. The maximum atomic E-state index is 11.2. The van der Waals surface area contributed by atoms with Crippen molar-refractivity contribution >= 4 is 50.8 Å². The third-order valence-corrected chi connectivity index (χ3v) is 9.37. The first-order valence-electron chi connectivity index (χ1n) is 15.1. The predicted octanol–water partition coefficient (Wildman–Crippen LogP) is 6.69. The van der Waals surface area contributed by atoms with E-state index in [2.05, 4.69) is 10.6 Å². The second-order valence-corrected chi connectivity index (χ2v) is 19.1. The molecule has 51 heavy (non-hydrogen) atoms. The number of aryl methyl sites for hydroxylation is 2. The topological polar surface area (TPSA) is 207 Å². The number of aliphatic hydroxyl groups excluding tert-OH is 2. The fourth-order valence-electron chi connectivity index (χ4n) is 4.88. The molecule has 268 valence electrons. The predicted molar refractivity (Wildman–Crippen MR) is 193 cm³/mol. The van der Waals surface area contributed by atoms with Crippen molar-refractivity contribution in [2.24, 2.45) is 10.3 Å². The zero-order chi connectivity index (χ0) is 37.3. The molecule has 12 nitrogen and oxygen atoms in total. The molecule has 6 N–H and O–H groups in total.